The Kier molecular flexibility index (Phi) is 2.97. The predicted molar refractivity (Wildman–Crippen MR) is 84.3 cm³/mol. The number of hydrogen-bond acceptors (Lipinski definition) is 2. The van der Waals surface area contributed by atoms with Crippen LogP contribution in [-0.2, 0) is 12.8 Å². The zero-order valence-electron chi connectivity index (χ0n) is 11.8. The van der Waals surface area contributed by atoms with Crippen LogP contribution in [0, 0.1) is 0 Å². The van der Waals surface area contributed by atoms with Crippen molar-refractivity contribution in [2.24, 2.45) is 0 Å². The highest BCUT2D eigenvalue weighted by molar-refractivity contribution is 5.82. The van der Waals surface area contributed by atoms with Crippen LogP contribution in [0.1, 0.15) is 34.8 Å². The summed E-state index contributed by atoms with van der Waals surface area (Å²) in [6.07, 6.45) is 4.69. The lowest BCUT2D eigenvalue weighted by atomic mass is 9.96. The van der Waals surface area contributed by atoms with Crippen LogP contribution in [0.2, 0.25) is 0 Å². The molecule has 4 rings (SSSR count). The summed E-state index contributed by atoms with van der Waals surface area (Å²) in [5.74, 6) is 0. The molecule has 0 bridgehead atoms. The average Bonchev–Trinajstić information content (AvgIpc) is 3.01. The van der Waals surface area contributed by atoms with Gasteiger partial charge >= 0.3 is 0 Å². The number of aliphatic hydroxyl groups excluding tert-OH is 1. The number of benzene rings is 2. The van der Waals surface area contributed by atoms with Gasteiger partial charge in [0.2, 0.25) is 0 Å². The van der Waals surface area contributed by atoms with Gasteiger partial charge in [-0.25, -0.2) is 0 Å². The summed E-state index contributed by atoms with van der Waals surface area (Å²) in [7, 11) is 0. The Bertz CT molecular complexity index is 804. The fraction of sp³-hybridized carbons (Fsp3) is 0.211. The first kappa shape index (κ1) is 12.5. The molecule has 0 radical (unpaired) electrons. The number of nitrogens with zero attached hydrogens (tertiary/aromatic N) is 1. The SMILES string of the molecule is OC(c1ccc2c(c1)CCC2)c1cccc2cccnc12. The van der Waals surface area contributed by atoms with E-state index in [1.807, 2.05) is 30.3 Å². The molecule has 2 nitrogen and oxygen atoms in total. The van der Waals surface area contributed by atoms with E-state index in [4.69, 9.17) is 0 Å². The molecule has 0 saturated heterocycles. The molecule has 0 fully saturated rings. The Morgan fingerprint density at radius 2 is 1.81 bits per heavy atom. The van der Waals surface area contributed by atoms with E-state index in [9.17, 15) is 5.11 Å². The molecule has 1 aliphatic rings. The van der Waals surface area contributed by atoms with Crippen LogP contribution in [0.25, 0.3) is 10.9 Å². The Labute approximate surface area is 124 Å². The van der Waals surface area contributed by atoms with E-state index in [-0.39, 0.29) is 0 Å². The number of rotatable bonds is 2. The van der Waals surface area contributed by atoms with Crippen molar-refractivity contribution in [2.75, 3.05) is 0 Å². The Balaban J connectivity index is 1.81. The topological polar surface area (TPSA) is 33.1 Å². The van der Waals surface area contributed by atoms with Gasteiger partial charge in [-0.3, -0.25) is 4.98 Å². The molecule has 2 aromatic carbocycles. The van der Waals surface area contributed by atoms with E-state index in [1.54, 1.807) is 6.20 Å². The first-order chi connectivity index (χ1) is 10.3. The summed E-state index contributed by atoms with van der Waals surface area (Å²) in [5, 5.41) is 11.8. The monoisotopic (exact) mass is 275 g/mol. The summed E-state index contributed by atoms with van der Waals surface area (Å²) in [6.45, 7) is 0. The van der Waals surface area contributed by atoms with Crippen LogP contribution >= 0.6 is 0 Å². The van der Waals surface area contributed by atoms with Crippen molar-refractivity contribution in [3.05, 3.63) is 77.0 Å². The number of aromatic nitrogens is 1. The van der Waals surface area contributed by atoms with Crippen LogP contribution < -0.4 is 0 Å². The number of aliphatic hydroxyl groups is 1. The summed E-state index contributed by atoms with van der Waals surface area (Å²) in [5.41, 5.74) is 5.55. The third-order valence-corrected chi connectivity index (χ3v) is 4.40. The summed E-state index contributed by atoms with van der Waals surface area (Å²) < 4.78 is 0. The van der Waals surface area contributed by atoms with E-state index in [0.29, 0.717) is 0 Å². The van der Waals surface area contributed by atoms with Crippen molar-refractivity contribution in [1.29, 1.82) is 0 Å². The maximum Gasteiger partial charge on any atom is 0.106 e. The fourth-order valence-corrected chi connectivity index (χ4v) is 3.29. The van der Waals surface area contributed by atoms with Gasteiger partial charge in [0.15, 0.2) is 0 Å². The van der Waals surface area contributed by atoms with Gasteiger partial charge < -0.3 is 5.11 Å². The molecular weight excluding hydrogens is 258 g/mol. The van der Waals surface area contributed by atoms with Crippen LogP contribution in [0.5, 0.6) is 0 Å². The van der Waals surface area contributed by atoms with Gasteiger partial charge in [0.25, 0.3) is 0 Å². The normalized spacial score (nSPS) is 15.1. The highest BCUT2D eigenvalue weighted by Crippen LogP contribution is 2.31. The van der Waals surface area contributed by atoms with Crippen molar-refractivity contribution in [1.82, 2.24) is 4.98 Å². The Morgan fingerprint density at radius 3 is 2.76 bits per heavy atom. The van der Waals surface area contributed by atoms with Gasteiger partial charge in [-0.1, -0.05) is 42.5 Å². The second-order valence-corrected chi connectivity index (χ2v) is 5.71. The Morgan fingerprint density at radius 1 is 0.952 bits per heavy atom. The van der Waals surface area contributed by atoms with Gasteiger partial charge in [0.05, 0.1) is 5.52 Å². The molecule has 0 aliphatic heterocycles. The largest absolute Gasteiger partial charge is 0.384 e. The first-order valence-electron chi connectivity index (χ1n) is 7.46. The lowest BCUT2D eigenvalue weighted by Crippen LogP contribution is -2.02. The zero-order valence-corrected chi connectivity index (χ0v) is 11.8. The summed E-state index contributed by atoms with van der Waals surface area (Å²) in [6, 6.07) is 16.3. The fourth-order valence-electron chi connectivity index (χ4n) is 3.29. The quantitative estimate of drug-likeness (QED) is 0.771. The number of hydrogen-bond donors (Lipinski definition) is 1. The zero-order chi connectivity index (χ0) is 14.2. The molecule has 21 heavy (non-hydrogen) atoms. The number of aryl methyl sites for hydroxylation is 2. The van der Waals surface area contributed by atoms with Crippen LogP contribution in [-0.4, -0.2) is 10.1 Å². The standard InChI is InChI=1S/C19H17NO/c21-19(16-10-9-13-4-1-6-15(13)12-16)17-8-2-5-14-7-3-11-20-18(14)17/h2-3,5,7-12,19,21H,1,4,6H2. The third-order valence-electron chi connectivity index (χ3n) is 4.40. The third kappa shape index (κ3) is 2.12. The van der Waals surface area contributed by atoms with E-state index >= 15 is 0 Å². The molecule has 0 saturated carbocycles. The van der Waals surface area contributed by atoms with Gasteiger partial charge in [-0.15, -0.1) is 0 Å². The van der Waals surface area contributed by atoms with Crippen LogP contribution in [0.4, 0.5) is 0 Å². The maximum atomic E-state index is 10.8. The molecule has 0 amide bonds. The molecule has 1 aromatic heterocycles. The second kappa shape index (κ2) is 4.97. The number of para-hydroxylation sites is 1. The molecule has 1 atom stereocenters. The van der Waals surface area contributed by atoms with Crippen molar-refractivity contribution in [2.45, 2.75) is 25.4 Å². The van der Waals surface area contributed by atoms with Crippen LogP contribution in [0.15, 0.2) is 54.7 Å². The molecule has 104 valence electrons. The van der Waals surface area contributed by atoms with E-state index in [2.05, 4.69) is 23.2 Å². The minimum Gasteiger partial charge on any atom is -0.384 e. The highest BCUT2D eigenvalue weighted by Gasteiger charge is 2.17. The molecule has 3 aromatic rings. The smallest absolute Gasteiger partial charge is 0.106 e. The van der Waals surface area contributed by atoms with E-state index < -0.39 is 6.10 Å². The van der Waals surface area contributed by atoms with Gasteiger partial charge in [0, 0.05) is 17.1 Å². The first-order valence-corrected chi connectivity index (χ1v) is 7.46. The molecule has 1 N–H and O–H groups in total. The van der Waals surface area contributed by atoms with E-state index in [0.717, 1.165) is 28.5 Å². The van der Waals surface area contributed by atoms with Gasteiger partial charge in [-0.2, -0.15) is 0 Å². The van der Waals surface area contributed by atoms with Gasteiger partial charge in [0.1, 0.15) is 6.10 Å². The molecule has 0 spiro atoms. The summed E-state index contributed by atoms with van der Waals surface area (Å²) >= 11 is 0. The molecule has 2 heteroatoms. The highest BCUT2D eigenvalue weighted by atomic mass is 16.3. The molecular formula is C19H17NO. The maximum absolute atomic E-state index is 10.8. The molecule has 1 unspecified atom stereocenters. The van der Waals surface area contributed by atoms with Crippen molar-refractivity contribution in [3.63, 3.8) is 0 Å². The lowest BCUT2D eigenvalue weighted by Gasteiger charge is -2.15. The molecule has 1 aliphatic carbocycles. The summed E-state index contributed by atoms with van der Waals surface area (Å²) in [4.78, 5) is 4.44. The number of fused-ring (bicyclic) bond motifs is 2. The molecule has 1 heterocycles. The minimum atomic E-state index is -0.616. The Hall–Kier alpha value is -2.19. The lowest BCUT2D eigenvalue weighted by molar-refractivity contribution is 0.221. The van der Waals surface area contributed by atoms with Crippen molar-refractivity contribution < 1.29 is 5.11 Å². The second-order valence-electron chi connectivity index (χ2n) is 5.71. The predicted octanol–water partition coefficient (Wildman–Crippen LogP) is 3.81. The van der Waals surface area contributed by atoms with Crippen molar-refractivity contribution in [3.8, 4) is 0 Å². The average molecular weight is 275 g/mol. The van der Waals surface area contributed by atoms with Crippen LogP contribution in [0.3, 0.4) is 0 Å². The minimum absolute atomic E-state index is 0.616. The van der Waals surface area contributed by atoms with Crippen molar-refractivity contribution >= 4 is 10.9 Å². The van der Waals surface area contributed by atoms with Gasteiger partial charge in [-0.05, 0) is 42.0 Å². The number of pyridine rings is 1. The van der Waals surface area contributed by atoms with E-state index in [1.165, 1.54) is 24.0 Å².